The van der Waals surface area contributed by atoms with Crippen molar-refractivity contribution < 1.29 is 28.0 Å². The zero-order valence-corrected chi connectivity index (χ0v) is 15.2. The molecular formula is C18H18N2O6S. The molecular weight excluding hydrogens is 372 g/mol. The quantitative estimate of drug-likeness (QED) is 0.751. The van der Waals surface area contributed by atoms with E-state index < -0.39 is 10.8 Å². The van der Waals surface area contributed by atoms with Crippen molar-refractivity contribution in [1.82, 2.24) is 0 Å². The molecule has 0 saturated carbocycles. The summed E-state index contributed by atoms with van der Waals surface area (Å²) in [6.07, 6.45) is 0.0783. The Kier molecular flexibility index (Phi) is 4.76. The molecule has 0 saturated heterocycles. The highest BCUT2D eigenvalue weighted by Crippen LogP contribution is 2.38. The second-order valence-corrected chi connectivity index (χ2v) is 7.52. The van der Waals surface area contributed by atoms with E-state index in [1.54, 1.807) is 30.3 Å². The summed E-state index contributed by atoms with van der Waals surface area (Å²) in [5, 5.41) is 2.72. The Bertz CT molecular complexity index is 917. The van der Waals surface area contributed by atoms with Gasteiger partial charge in [-0.05, 0) is 12.1 Å². The lowest BCUT2D eigenvalue weighted by molar-refractivity contribution is -0.115. The summed E-state index contributed by atoms with van der Waals surface area (Å²) in [4.78, 5) is 12.8. The van der Waals surface area contributed by atoms with Crippen molar-refractivity contribution in [2.75, 3.05) is 36.8 Å². The van der Waals surface area contributed by atoms with Gasteiger partial charge in [-0.3, -0.25) is 9.00 Å². The predicted molar refractivity (Wildman–Crippen MR) is 98.9 cm³/mol. The molecule has 142 valence electrons. The van der Waals surface area contributed by atoms with Gasteiger partial charge >= 0.3 is 0 Å². The Hall–Kier alpha value is -2.94. The van der Waals surface area contributed by atoms with E-state index in [0.717, 1.165) is 0 Å². The first-order chi connectivity index (χ1) is 13.1. The van der Waals surface area contributed by atoms with Gasteiger partial charge in [0.2, 0.25) is 12.7 Å². The molecule has 1 unspecified atom stereocenters. The van der Waals surface area contributed by atoms with Crippen LogP contribution < -0.4 is 30.0 Å². The van der Waals surface area contributed by atoms with Crippen molar-refractivity contribution in [1.29, 1.82) is 0 Å². The van der Waals surface area contributed by atoms with Gasteiger partial charge in [0.1, 0.15) is 13.2 Å². The molecule has 2 aliphatic heterocycles. The molecule has 1 amide bonds. The molecule has 0 spiro atoms. The third-order valence-electron chi connectivity index (χ3n) is 4.11. The van der Waals surface area contributed by atoms with Gasteiger partial charge in [-0.2, -0.15) is 0 Å². The SMILES string of the molecule is Nc1cc2c(cc1NC(=O)CCS(=O)c1ccc3c(c1)OCCO3)OCO2. The van der Waals surface area contributed by atoms with Gasteiger partial charge in [-0.15, -0.1) is 0 Å². The van der Waals surface area contributed by atoms with Crippen LogP contribution in [0.3, 0.4) is 0 Å². The van der Waals surface area contributed by atoms with E-state index in [9.17, 15) is 9.00 Å². The number of amides is 1. The number of nitrogen functional groups attached to an aromatic ring is 1. The third kappa shape index (κ3) is 3.77. The van der Waals surface area contributed by atoms with Crippen molar-refractivity contribution in [3.63, 3.8) is 0 Å². The minimum absolute atomic E-state index is 0.0783. The van der Waals surface area contributed by atoms with E-state index in [1.165, 1.54) is 0 Å². The summed E-state index contributed by atoms with van der Waals surface area (Å²) in [7, 11) is -1.34. The van der Waals surface area contributed by atoms with Crippen LogP contribution in [0.4, 0.5) is 11.4 Å². The maximum Gasteiger partial charge on any atom is 0.231 e. The molecule has 1 atom stereocenters. The molecule has 0 aromatic heterocycles. The summed E-state index contributed by atoms with van der Waals surface area (Å²) in [6, 6.07) is 8.36. The number of hydrogen-bond acceptors (Lipinski definition) is 7. The Labute approximate surface area is 158 Å². The summed E-state index contributed by atoms with van der Waals surface area (Å²) in [5.41, 5.74) is 6.73. The fraction of sp³-hybridized carbons (Fsp3) is 0.278. The number of anilines is 2. The molecule has 2 aromatic carbocycles. The number of carbonyl (C=O) groups is 1. The molecule has 0 bridgehead atoms. The number of hydrogen-bond donors (Lipinski definition) is 2. The molecule has 4 rings (SSSR count). The first-order valence-electron chi connectivity index (χ1n) is 8.37. The average molecular weight is 390 g/mol. The lowest BCUT2D eigenvalue weighted by atomic mass is 10.2. The van der Waals surface area contributed by atoms with Crippen molar-refractivity contribution in [3.8, 4) is 23.0 Å². The number of rotatable bonds is 5. The highest BCUT2D eigenvalue weighted by Gasteiger charge is 2.18. The second-order valence-electron chi connectivity index (χ2n) is 5.95. The van der Waals surface area contributed by atoms with Crippen LogP contribution in [-0.4, -0.2) is 35.9 Å². The van der Waals surface area contributed by atoms with E-state index in [0.29, 0.717) is 52.5 Å². The fourth-order valence-corrected chi connectivity index (χ4v) is 3.81. The summed E-state index contributed by atoms with van der Waals surface area (Å²) in [5.74, 6) is 2.18. The zero-order valence-electron chi connectivity index (χ0n) is 14.4. The smallest absolute Gasteiger partial charge is 0.231 e. The van der Waals surface area contributed by atoms with Crippen molar-refractivity contribution >= 4 is 28.1 Å². The van der Waals surface area contributed by atoms with Crippen molar-refractivity contribution in [2.24, 2.45) is 0 Å². The molecule has 8 nitrogen and oxygen atoms in total. The monoisotopic (exact) mass is 390 g/mol. The Morgan fingerprint density at radius 1 is 1.00 bits per heavy atom. The van der Waals surface area contributed by atoms with Crippen molar-refractivity contribution in [2.45, 2.75) is 11.3 Å². The molecule has 2 heterocycles. The van der Waals surface area contributed by atoms with E-state index >= 15 is 0 Å². The number of benzene rings is 2. The van der Waals surface area contributed by atoms with E-state index in [4.69, 9.17) is 24.7 Å². The van der Waals surface area contributed by atoms with Gasteiger partial charge in [0.15, 0.2) is 23.0 Å². The Morgan fingerprint density at radius 2 is 1.70 bits per heavy atom. The summed E-state index contributed by atoms with van der Waals surface area (Å²) < 4.78 is 33.9. The van der Waals surface area contributed by atoms with Crippen LogP contribution in [0, 0.1) is 0 Å². The van der Waals surface area contributed by atoms with Crippen LogP contribution in [-0.2, 0) is 15.6 Å². The van der Waals surface area contributed by atoms with Gasteiger partial charge in [0, 0.05) is 35.3 Å². The number of fused-ring (bicyclic) bond motifs is 2. The van der Waals surface area contributed by atoms with Gasteiger partial charge in [-0.25, -0.2) is 0 Å². The number of nitrogens with two attached hydrogens (primary N) is 1. The predicted octanol–water partition coefficient (Wildman–Crippen LogP) is 1.91. The standard InChI is InChI=1S/C18H18N2O6S/c19-12-8-16-17(26-10-25-16)9-13(12)20-18(21)3-6-27(22)11-1-2-14-15(7-11)24-5-4-23-14/h1-2,7-9H,3-6,10,19H2,(H,20,21). The van der Waals surface area contributed by atoms with Crippen LogP contribution in [0.15, 0.2) is 35.2 Å². The van der Waals surface area contributed by atoms with Crippen LogP contribution in [0.2, 0.25) is 0 Å². The van der Waals surface area contributed by atoms with Gasteiger partial charge in [0.05, 0.1) is 22.2 Å². The lowest BCUT2D eigenvalue weighted by Crippen LogP contribution is -2.17. The number of carbonyl (C=O) groups excluding carboxylic acids is 1. The second kappa shape index (κ2) is 7.36. The van der Waals surface area contributed by atoms with Gasteiger partial charge < -0.3 is 30.0 Å². The van der Waals surface area contributed by atoms with Crippen LogP contribution >= 0.6 is 0 Å². The lowest BCUT2D eigenvalue weighted by Gasteiger charge is -2.18. The first-order valence-corrected chi connectivity index (χ1v) is 9.69. The van der Waals surface area contributed by atoms with Gasteiger partial charge in [-0.1, -0.05) is 0 Å². The van der Waals surface area contributed by atoms with E-state index in [1.807, 2.05) is 0 Å². The first kappa shape index (κ1) is 17.5. The Balaban J connectivity index is 1.36. The van der Waals surface area contributed by atoms with Crippen LogP contribution in [0.5, 0.6) is 23.0 Å². The molecule has 3 N–H and O–H groups in total. The highest BCUT2D eigenvalue weighted by atomic mass is 32.2. The largest absolute Gasteiger partial charge is 0.486 e. The number of ether oxygens (including phenoxy) is 4. The molecule has 2 aromatic rings. The topological polar surface area (TPSA) is 109 Å². The molecule has 9 heteroatoms. The number of nitrogens with one attached hydrogen (secondary N) is 1. The highest BCUT2D eigenvalue weighted by molar-refractivity contribution is 7.85. The minimum Gasteiger partial charge on any atom is -0.486 e. The summed E-state index contributed by atoms with van der Waals surface area (Å²) in [6.45, 7) is 1.09. The van der Waals surface area contributed by atoms with Crippen LogP contribution in [0.1, 0.15) is 6.42 Å². The minimum atomic E-state index is -1.34. The maximum atomic E-state index is 12.5. The van der Waals surface area contributed by atoms with Crippen LogP contribution in [0.25, 0.3) is 0 Å². The molecule has 0 fully saturated rings. The normalized spacial score (nSPS) is 15.3. The van der Waals surface area contributed by atoms with E-state index in [2.05, 4.69) is 5.32 Å². The molecule has 0 radical (unpaired) electrons. The maximum absolute atomic E-state index is 12.5. The zero-order chi connectivity index (χ0) is 18.8. The Morgan fingerprint density at radius 3 is 2.52 bits per heavy atom. The van der Waals surface area contributed by atoms with Crippen molar-refractivity contribution in [3.05, 3.63) is 30.3 Å². The fourth-order valence-electron chi connectivity index (χ4n) is 2.75. The molecule has 2 aliphatic rings. The van der Waals surface area contributed by atoms with E-state index in [-0.39, 0.29) is 24.9 Å². The summed E-state index contributed by atoms with van der Waals surface area (Å²) >= 11 is 0. The average Bonchev–Trinajstić information content (AvgIpc) is 3.13. The van der Waals surface area contributed by atoms with Gasteiger partial charge in [0.25, 0.3) is 0 Å². The third-order valence-corrected chi connectivity index (χ3v) is 5.46. The molecule has 27 heavy (non-hydrogen) atoms. The molecule has 0 aliphatic carbocycles.